The van der Waals surface area contributed by atoms with E-state index in [-0.39, 0.29) is 25.2 Å². The third-order valence-electron chi connectivity index (χ3n) is 8.31. The Morgan fingerprint density at radius 2 is 1.62 bits per heavy atom. The Morgan fingerprint density at radius 1 is 0.892 bits per heavy atom. The molecule has 37 heavy (non-hydrogen) atoms. The Kier molecular flexibility index (Phi) is 8.46. The molecule has 0 aliphatic carbocycles. The fraction of sp³-hybridized carbons (Fsp3) is 0.607. The molecule has 0 radical (unpaired) electrons. The number of hydrogen-bond donors (Lipinski definition) is 0. The molecule has 202 valence electrons. The van der Waals surface area contributed by atoms with Gasteiger partial charge in [-0.05, 0) is 68.7 Å². The summed E-state index contributed by atoms with van der Waals surface area (Å²) >= 11 is 0. The lowest BCUT2D eigenvalue weighted by molar-refractivity contribution is -0.138. The number of ether oxygens (including phenoxy) is 1. The molecule has 0 saturated carbocycles. The van der Waals surface area contributed by atoms with Crippen LogP contribution in [-0.2, 0) is 19.6 Å². The molecule has 5 rings (SSSR count). The molecule has 1 amide bonds. The van der Waals surface area contributed by atoms with Gasteiger partial charge >= 0.3 is 0 Å². The first-order chi connectivity index (χ1) is 17.9. The predicted molar refractivity (Wildman–Crippen MR) is 145 cm³/mol. The Hall–Kier alpha value is -2.04. The second kappa shape index (κ2) is 11.8. The van der Waals surface area contributed by atoms with E-state index in [1.54, 1.807) is 16.4 Å². The van der Waals surface area contributed by atoms with Crippen LogP contribution in [0.1, 0.15) is 32.1 Å². The summed E-state index contributed by atoms with van der Waals surface area (Å²) in [4.78, 5) is 20.0. The first-order valence-corrected chi connectivity index (χ1v) is 15.1. The average molecular weight is 529 g/mol. The molecule has 8 nitrogen and oxygen atoms in total. The molecule has 0 spiro atoms. The monoisotopic (exact) mass is 528 g/mol. The summed E-state index contributed by atoms with van der Waals surface area (Å²) in [6.07, 6.45) is 4.95. The molecular formula is C28H40N4O4S. The molecule has 3 heterocycles. The van der Waals surface area contributed by atoms with Crippen molar-refractivity contribution in [1.29, 1.82) is 0 Å². The van der Waals surface area contributed by atoms with Gasteiger partial charge in [0.25, 0.3) is 0 Å². The minimum absolute atomic E-state index is 0.00257. The molecule has 3 fully saturated rings. The number of piperidine rings is 2. The molecule has 3 saturated heterocycles. The van der Waals surface area contributed by atoms with Gasteiger partial charge in [-0.1, -0.05) is 36.8 Å². The lowest BCUT2D eigenvalue weighted by Gasteiger charge is -2.42. The van der Waals surface area contributed by atoms with Gasteiger partial charge in [0.05, 0.1) is 11.5 Å². The minimum Gasteiger partial charge on any atom is -0.370 e. The van der Waals surface area contributed by atoms with Gasteiger partial charge in [-0.15, -0.1) is 0 Å². The van der Waals surface area contributed by atoms with Crippen LogP contribution in [0, 0.1) is 0 Å². The lowest BCUT2D eigenvalue weighted by Crippen LogP contribution is -2.54. The van der Waals surface area contributed by atoms with E-state index >= 15 is 0 Å². The number of amides is 1. The van der Waals surface area contributed by atoms with Crippen LogP contribution in [-0.4, -0.2) is 111 Å². The van der Waals surface area contributed by atoms with Gasteiger partial charge in [-0.25, -0.2) is 8.42 Å². The zero-order valence-electron chi connectivity index (χ0n) is 21.9. The van der Waals surface area contributed by atoms with Gasteiger partial charge in [0.15, 0.2) is 0 Å². The Morgan fingerprint density at radius 3 is 2.38 bits per heavy atom. The van der Waals surface area contributed by atoms with Crippen LogP contribution in [0.3, 0.4) is 0 Å². The number of carbonyl (C=O) groups excluding carboxylic acids is 1. The van der Waals surface area contributed by atoms with Crippen molar-refractivity contribution in [2.45, 2.75) is 49.1 Å². The molecule has 1 unspecified atom stereocenters. The Balaban J connectivity index is 1.13. The largest absolute Gasteiger partial charge is 0.370 e. The van der Waals surface area contributed by atoms with Crippen molar-refractivity contribution in [3.8, 4) is 0 Å². The topological polar surface area (TPSA) is 73.4 Å². The van der Waals surface area contributed by atoms with Gasteiger partial charge in [-0.3, -0.25) is 9.69 Å². The molecule has 0 N–H and O–H groups in total. The van der Waals surface area contributed by atoms with E-state index in [9.17, 15) is 13.2 Å². The molecule has 9 heteroatoms. The van der Waals surface area contributed by atoms with E-state index in [0.29, 0.717) is 17.5 Å². The number of carbonyl (C=O) groups is 1. The maximum absolute atomic E-state index is 13.6. The number of hydrogen-bond acceptors (Lipinski definition) is 6. The van der Waals surface area contributed by atoms with Crippen LogP contribution in [0.5, 0.6) is 0 Å². The van der Waals surface area contributed by atoms with Crippen molar-refractivity contribution < 1.29 is 17.9 Å². The highest BCUT2D eigenvalue weighted by molar-refractivity contribution is 7.89. The van der Waals surface area contributed by atoms with Gasteiger partial charge in [0.1, 0.15) is 6.61 Å². The standard InChI is InChI=1S/C28H40N4O4S/c1-29-14-11-25(12-15-29)30-16-18-31(19-17-30)28(33)22-36-21-26-8-4-5-13-32(26)37(34,35)27-10-9-23-6-2-3-7-24(23)20-27/h2-3,6-7,9-10,20,25-26H,4-5,8,11-19,21-22H2,1H3. The van der Waals surface area contributed by atoms with E-state index in [4.69, 9.17) is 4.74 Å². The maximum Gasteiger partial charge on any atom is 0.248 e. The summed E-state index contributed by atoms with van der Waals surface area (Å²) in [7, 11) is -1.47. The third kappa shape index (κ3) is 6.17. The van der Waals surface area contributed by atoms with Gasteiger partial charge in [0.2, 0.25) is 15.9 Å². The smallest absolute Gasteiger partial charge is 0.248 e. The van der Waals surface area contributed by atoms with E-state index < -0.39 is 10.0 Å². The normalized spacial score (nSPS) is 23.5. The zero-order valence-corrected chi connectivity index (χ0v) is 22.7. The summed E-state index contributed by atoms with van der Waals surface area (Å²) < 4.78 is 34.6. The maximum atomic E-state index is 13.6. The van der Waals surface area contributed by atoms with Gasteiger partial charge in [-0.2, -0.15) is 4.31 Å². The second-order valence-electron chi connectivity index (χ2n) is 10.7. The van der Waals surface area contributed by atoms with E-state index in [1.807, 2.05) is 35.2 Å². The van der Waals surface area contributed by atoms with Crippen molar-refractivity contribution in [1.82, 2.24) is 19.0 Å². The molecule has 2 aromatic rings. The van der Waals surface area contributed by atoms with E-state index in [0.717, 1.165) is 69.3 Å². The first-order valence-electron chi connectivity index (χ1n) is 13.7. The number of sulfonamides is 1. The van der Waals surface area contributed by atoms with Gasteiger partial charge < -0.3 is 14.5 Å². The van der Waals surface area contributed by atoms with Crippen molar-refractivity contribution in [3.63, 3.8) is 0 Å². The molecular weight excluding hydrogens is 488 g/mol. The highest BCUT2D eigenvalue weighted by atomic mass is 32.2. The van der Waals surface area contributed by atoms with E-state index in [1.165, 1.54) is 12.8 Å². The summed E-state index contributed by atoms with van der Waals surface area (Å²) in [5, 5.41) is 1.93. The fourth-order valence-electron chi connectivity index (χ4n) is 5.99. The summed E-state index contributed by atoms with van der Waals surface area (Å²) in [6, 6.07) is 13.5. The summed E-state index contributed by atoms with van der Waals surface area (Å²) in [6.45, 7) is 6.33. The van der Waals surface area contributed by atoms with Crippen LogP contribution in [0.4, 0.5) is 0 Å². The van der Waals surface area contributed by atoms with Crippen LogP contribution in [0.15, 0.2) is 47.4 Å². The quantitative estimate of drug-likeness (QED) is 0.550. The van der Waals surface area contributed by atoms with Gasteiger partial charge in [0, 0.05) is 44.8 Å². The molecule has 3 aliphatic rings. The van der Waals surface area contributed by atoms with Crippen molar-refractivity contribution in [2.24, 2.45) is 0 Å². The first kappa shape index (κ1) is 26.6. The van der Waals surface area contributed by atoms with Crippen LogP contribution in [0.2, 0.25) is 0 Å². The van der Waals surface area contributed by atoms with E-state index in [2.05, 4.69) is 16.8 Å². The number of fused-ring (bicyclic) bond motifs is 1. The molecule has 2 aromatic carbocycles. The fourth-order valence-corrected chi connectivity index (χ4v) is 7.71. The summed E-state index contributed by atoms with van der Waals surface area (Å²) in [5.74, 6) is 0.00257. The Bertz CT molecular complexity index is 1170. The van der Waals surface area contributed by atoms with Crippen molar-refractivity contribution >= 4 is 26.7 Å². The number of likely N-dealkylation sites (tertiary alicyclic amines) is 1. The number of piperazine rings is 1. The third-order valence-corrected chi connectivity index (χ3v) is 10.3. The summed E-state index contributed by atoms with van der Waals surface area (Å²) in [5.41, 5.74) is 0. The van der Waals surface area contributed by atoms with Crippen LogP contribution >= 0.6 is 0 Å². The SMILES string of the molecule is CN1CCC(N2CCN(C(=O)COCC3CCCCN3S(=O)(=O)c3ccc4ccccc4c3)CC2)CC1. The number of benzene rings is 2. The van der Waals surface area contributed by atoms with Crippen LogP contribution < -0.4 is 0 Å². The highest BCUT2D eigenvalue weighted by Crippen LogP contribution is 2.28. The highest BCUT2D eigenvalue weighted by Gasteiger charge is 2.34. The average Bonchev–Trinajstić information content (AvgIpc) is 2.93. The number of nitrogens with zero attached hydrogens (tertiary/aromatic N) is 4. The van der Waals surface area contributed by atoms with Crippen molar-refractivity contribution in [2.75, 3.05) is 66.1 Å². The molecule has 0 aromatic heterocycles. The predicted octanol–water partition coefficient (Wildman–Crippen LogP) is 2.64. The molecule has 0 bridgehead atoms. The second-order valence-corrected chi connectivity index (χ2v) is 12.6. The molecule has 1 atom stereocenters. The minimum atomic E-state index is -3.64. The van der Waals surface area contributed by atoms with Crippen LogP contribution in [0.25, 0.3) is 10.8 Å². The Labute approximate surface area is 221 Å². The molecule has 3 aliphatic heterocycles. The lowest BCUT2D eigenvalue weighted by atomic mass is 10.0. The zero-order chi connectivity index (χ0) is 25.8. The van der Waals surface area contributed by atoms with Crippen molar-refractivity contribution in [3.05, 3.63) is 42.5 Å². The number of rotatable bonds is 7.